The number of hydrogen-bond acceptors (Lipinski definition) is 3. The van der Waals surface area contributed by atoms with Crippen LogP contribution in [-0.4, -0.2) is 41.1 Å². The number of amides is 1. The molecule has 0 spiro atoms. The van der Waals surface area contributed by atoms with Crippen molar-refractivity contribution in [3.63, 3.8) is 0 Å². The number of carboxylic acid groups (broad SMARTS) is 1. The van der Waals surface area contributed by atoms with Crippen LogP contribution in [-0.2, 0) is 9.59 Å². The van der Waals surface area contributed by atoms with E-state index in [9.17, 15) is 14.0 Å². The van der Waals surface area contributed by atoms with E-state index in [4.69, 9.17) is 9.84 Å². The van der Waals surface area contributed by atoms with Crippen LogP contribution in [0, 0.1) is 5.82 Å². The van der Waals surface area contributed by atoms with Crippen LogP contribution in [0.15, 0.2) is 24.3 Å². The zero-order valence-electron chi connectivity index (χ0n) is 11.6. The quantitative estimate of drug-likeness (QED) is 0.816. The van der Waals surface area contributed by atoms with Gasteiger partial charge in [0.15, 0.2) is 0 Å². The smallest absolute Gasteiger partial charge is 0.326 e. The van der Waals surface area contributed by atoms with Gasteiger partial charge >= 0.3 is 5.97 Å². The van der Waals surface area contributed by atoms with Crippen molar-refractivity contribution in [1.29, 1.82) is 0 Å². The van der Waals surface area contributed by atoms with Gasteiger partial charge < -0.3 is 14.7 Å². The van der Waals surface area contributed by atoms with Gasteiger partial charge in [-0.05, 0) is 43.5 Å². The maximum atomic E-state index is 12.7. The maximum Gasteiger partial charge on any atom is 0.326 e. The zero-order chi connectivity index (χ0) is 15.2. The first-order chi connectivity index (χ1) is 10.1. The number of hydrogen-bond donors (Lipinski definition) is 1. The number of aliphatic carboxylic acids is 1. The van der Waals surface area contributed by atoms with Crippen LogP contribution >= 0.6 is 0 Å². The average molecular weight is 295 g/mol. The number of ether oxygens (including phenoxy) is 1. The minimum atomic E-state index is -0.941. The van der Waals surface area contributed by atoms with E-state index in [1.807, 2.05) is 0 Å². The van der Waals surface area contributed by atoms with Crippen LogP contribution < -0.4 is 4.74 Å². The van der Waals surface area contributed by atoms with Crippen molar-refractivity contribution >= 4 is 11.9 Å². The molecule has 2 rings (SSSR count). The fourth-order valence-corrected chi connectivity index (χ4v) is 2.41. The second-order valence-electron chi connectivity index (χ2n) is 4.99. The molecule has 1 aliphatic rings. The number of benzene rings is 1. The van der Waals surface area contributed by atoms with Gasteiger partial charge in [-0.25, -0.2) is 9.18 Å². The highest BCUT2D eigenvalue weighted by molar-refractivity contribution is 5.84. The number of carboxylic acids is 1. The summed E-state index contributed by atoms with van der Waals surface area (Å²) in [6.45, 7) is 0.845. The number of carbonyl (C=O) groups excluding carboxylic acids is 1. The van der Waals surface area contributed by atoms with Crippen LogP contribution in [0.2, 0.25) is 0 Å². The summed E-state index contributed by atoms with van der Waals surface area (Å²) in [7, 11) is 0. The number of nitrogens with zero attached hydrogens (tertiary/aromatic N) is 1. The molecular weight excluding hydrogens is 277 g/mol. The zero-order valence-corrected chi connectivity index (χ0v) is 11.6. The highest BCUT2D eigenvalue weighted by atomic mass is 19.1. The van der Waals surface area contributed by atoms with Crippen molar-refractivity contribution in [2.75, 3.05) is 13.2 Å². The second kappa shape index (κ2) is 7.06. The van der Waals surface area contributed by atoms with E-state index in [-0.39, 0.29) is 18.1 Å². The molecule has 1 aromatic carbocycles. The van der Waals surface area contributed by atoms with Crippen molar-refractivity contribution in [3.05, 3.63) is 30.1 Å². The fourth-order valence-electron chi connectivity index (χ4n) is 2.41. The molecule has 1 N–H and O–H groups in total. The van der Waals surface area contributed by atoms with Gasteiger partial charge in [0, 0.05) is 13.0 Å². The Balaban J connectivity index is 1.72. The molecule has 5 nitrogen and oxygen atoms in total. The van der Waals surface area contributed by atoms with Crippen LogP contribution in [0.3, 0.4) is 0 Å². The van der Waals surface area contributed by atoms with Gasteiger partial charge in [0.1, 0.15) is 17.6 Å². The van der Waals surface area contributed by atoms with E-state index < -0.39 is 12.0 Å². The van der Waals surface area contributed by atoms with Crippen LogP contribution in [0.25, 0.3) is 0 Å². The normalized spacial score (nSPS) is 17.8. The number of carbonyl (C=O) groups is 2. The summed E-state index contributed by atoms with van der Waals surface area (Å²) in [4.78, 5) is 24.4. The van der Waals surface area contributed by atoms with Crippen molar-refractivity contribution in [2.24, 2.45) is 0 Å². The molecule has 0 saturated carbocycles. The molecule has 6 heteroatoms. The molecule has 114 valence electrons. The molecule has 0 unspecified atom stereocenters. The lowest BCUT2D eigenvalue weighted by Crippen LogP contribution is -2.40. The Bertz CT molecular complexity index is 503. The van der Waals surface area contributed by atoms with E-state index in [0.29, 0.717) is 31.7 Å². The van der Waals surface area contributed by atoms with Crippen LogP contribution in [0.5, 0.6) is 5.75 Å². The Morgan fingerprint density at radius 1 is 1.33 bits per heavy atom. The molecule has 1 fully saturated rings. The first kappa shape index (κ1) is 15.3. The SMILES string of the molecule is O=C(O)[C@H]1CCCN1C(=O)CCCOc1ccc(F)cc1. The standard InChI is InChI=1S/C15H18FNO4/c16-11-5-7-12(8-6-11)21-10-2-4-14(18)17-9-1-3-13(17)15(19)20/h5-8,13H,1-4,9-10H2,(H,19,20)/t13-/m1/s1. The second-order valence-corrected chi connectivity index (χ2v) is 4.99. The minimum absolute atomic E-state index is 0.150. The molecule has 1 atom stereocenters. The van der Waals surface area contributed by atoms with E-state index in [0.717, 1.165) is 6.42 Å². The summed E-state index contributed by atoms with van der Waals surface area (Å²) in [5.74, 6) is -0.870. The predicted octanol–water partition coefficient (Wildman–Crippen LogP) is 2.06. The average Bonchev–Trinajstić information content (AvgIpc) is 2.95. The van der Waals surface area contributed by atoms with Crippen LogP contribution in [0.4, 0.5) is 4.39 Å². The number of likely N-dealkylation sites (tertiary alicyclic amines) is 1. The Morgan fingerprint density at radius 2 is 2.05 bits per heavy atom. The topological polar surface area (TPSA) is 66.8 Å². The van der Waals surface area contributed by atoms with Gasteiger partial charge in [-0.2, -0.15) is 0 Å². The van der Waals surface area contributed by atoms with Gasteiger partial charge in [0.25, 0.3) is 0 Å². The van der Waals surface area contributed by atoms with E-state index in [2.05, 4.69) is 0 Å². The Labute approximate surface area is 122 Å². The molecule has 21 heavy (non-hydrogen) atoms. The van der Waals surface area contributed by atoms with Crippen LogP contribution in [0.1, 0.15) is 25.7 Å². The van der Waals surface area contributed by atoms with Gasteiger partial charge in [-0.3, -0.25) is 4.79 Å². The van der Waals surface area contributed by atoms with Gasteiger partial charge in [0.2, 0.25) is 5.91 Å². The highest BCUT2D eigenvalue weighted by Gasteiger charge is 2.33. The summed E-state index contributed by atoms with van der Waals surface area (Å²) < 4.78 is 18.1. The summed E-state index contributed by atoms with van der Waals surface area (Å²) in [6, 6.07) is 4.98. The third kappa shape index (κ3) is 4.18. The summed E-state index contributed by atoms with van der Waals surface area (Å²) in [5.41, 5.74) is 0. The maximum absolute atomic E-state index is 12.7. The van der Waals surface area contributed by atoms with Crippen molar-refractivity contribution < 1.29 is 23.8 Å². The molecule has 1 aromatic rings. The Hall–Kier alpha value is -2.11. The predicted molar refractivity (Wildman–Crippen MR) is 73.5 cm³/mol. The third-order valence-corrected chi connectivity index (χ3v) is 3.48. The first-order valence-corrected chi connectivity index (χ1v) is 6.98. The molecule has 1 saturated heterocycles. The molecule has 0 bridgehead atoms. The lowest BCUT2D eigenvalue weighted by atomic mass is 10.2. The van der Waals surface area contributed by atoms with Crippen molar-refractivity contribution in [2.45, 2.75) is 31.7 Å². The lowest BCUT2D eigenvalue weighted by Gasteiger charge is -2.21. The highest BCUT2D eigenvalue weighted by Crippen LogP contribution is 2.19. The van der Waals surface area contributed by atoms with E-state index in [1.165, 1.54) is 29.2 Å². The number of halogens is 1. The van der Waals surface area contributed by atoms with Gasteiger partial charge in [0.05, 0.1) is 6.61 Å². The first-order valence-electron chi connectivity index (χ1n) is 6.98. The third-order valence-electron chi connectivity index (χ3n) is 3.48. The van der Waals surface area contributed by atoms with Crippen molar-refractivity contribution in [3.8, 4) is 5.75 Å². The molecular formula is C15H18FNO4. The fraction of sp³-hybridized carbons (Fsp3) is 0.467. The van der Waals surface area contributed by atoms with Gasteiger partial charge in [-0.15, -0.1) is 0 Å². The number of rotatable bonds is 6. The summed E-state index contributed by atoms with van der Waals surface area (Å²) in [5, 5.41) is 9.03. The molecule has 0 aromatic heterocycles. The molecule has 0 aliphatic carbocycles. The molecule has 1 aliphatic heterocycles. The Kier molecular flexibility index (Phi) is 5.14. The molecule has 1 heterocycles. The summed E-state index contributed by atoms with van der Waals surface area (Å²) in [6.07, 6.45) is 2.01. The monoisotopic (exact) mass is 295 g/mol. The van der Waals surface area contributed by atoms with E-state index >= 15 is 0 Å². The van der Waals surface area contributed by atoms with Crippen molar-refractivity contribution in [1.82, 2.24) is 4.90 Å². The van der Waals surface area contributed by atoms with Gasteiger partial charge in [-0.1, -0.05) is 0 Å². The largest absolute Gasteiger partial charge is 0.494 e. The molecule has 0 radical (unpaired) electrons. The Morgan fingerprint density at radius 3 is 2.71 bits per heavy atom. The summed E-state index contributed by atoms with van der Waals surface area (Å²) >= 11 is 0. The minimum Gasteiger partial charge on any atom is -0.494 e. The lowest BCUT2D eigenvalue weighted by molar-refractivity contribution is -0.148. The van der Waals surface area contributed by atoms with E-state index in [1.54, 1.807) is 0 Å². The molecule has 1 amide bonds.